The third-order valence-electron chi connectivity index (χ3n) is 4.91. The van der Waals surface area contributed by atoms with Gasteiger partial charge in [0.25, 0.3) is 5.91 Å². The molecule has 2 aromatic carbocycles. The number of ether oxygens (including phenoxy) is 5. The summed E-state index contributed by atoms with van der Waals surface area (Å²) in [7, 11) is 3.08. The summed E-state index contributed by atoms with van der Waals surface area (Å²) in [6.07, 6.45) is 0. The lowest BCUT2D eigenvalue weighted by Gasteiger charge is -2.31. The summed E-state index contributed by atoms with van der Waals surface area (Å²) in [6, 6.07) is 8.78. The Morgan fingerprint density at radius 3 is 2.32 bits per heavy atom. The van der Waals surface area contributed by atoms with E-state index in [1.54, 1.807) is 25.3 Å². The normalized spacial score (nSPS) is 13.5. The molecule has 0 atom stereocenters. The first-order chi connectivity index (χ1) is 15.1. The lowest BCUT2D eigenvalue weighted by Crippen LogP contribution is -2.36. The van der Waals surface area contributed by atoms with Gasteiger partial charge in [-0.25, -0.2) is 0 Å². The molecule has 1 N–H and O–H groups in total. The van der Waals surface area contributed by atoms with Gasteiger partial charge in [0.15, 0.2) is 0 Å². The predicted molar refractivity (Wildman–Crippen MR) is 119 cm³/mol. The monoisotopic (exact) mass is 430 g/mol. The largest absolute Gasteiger partial charge is 0.497 e. The van der Waals surface area contributed by atoms with Crippen molar-refractivity contribution in [2.45, 2.75) is 13.8 Å². The molecule has 0 saturated carbocycles. The Morgan fingerprint density at radius 2 is 1.68 bits per heavy atom. The predicted octanol–water partition coefficient (Wildman–Crippen LogP) is 3.59. The zero-order valence-corrected chi connectivity index (χ0v) is 18.5. The van der Waals surface area contributed by atoms with Gasteiger partial charge < -0.3 is 33.9 Å². The van der Waals surface area contributed by atoms with Gasteiger partial charge in [-0.3, -0.25) is 4.79 Å². The quantitative estimate of drug-likeness (QED) is 0.651. The minimum atomic E-state index is -0.318. The maximum Gasteiger partial charge on any atom is 0.259 e. The Balaban J connectivity index is 1.95. The molecule has 1 heterocycles. The van der Waals surface area contributed by atoms with Gasteiger partial charge in [0.2, 0.25) is 0 Å². The van der Waals surface area contributed by atoms with Crippen LogP contribution in [0.4, 0.5) is 11.4 Å². The number of benzene rings is 2. The molecule has 0 spiro atoms. The number of hydrogen-bond acceptors (Lipinski definition) is 7. The molecule has 8 heteroatoms. The van der Waals surface area contributed by atoms with Crippen LogP contribution >= 0.6 is 0 Å². The van der Waals surface area contributed by atoms with Crippen LogP contribution in [0.25, 0.3) is 0 Å². The number of carbonyl (C=O) groups excluding carboxylic acids is 1. The summed E-state index contributed by atoms with van der Waals surface area (Å²) in [5, 5.41) is 2.94. The Morgan fingerprint density at radius 1 is 0.968 bits per heavy atom. The second-order valence-corrected chi connectivity index (χ2v) is 6.80. The van der Waals surface area contributed by atoms with E-state index in [1.807, 2.05) is 26.0 Å². The van der Waals surface area contributed by atoms with Crippen molar-refractivity contribution in [1.82, 2.24) is 0 Å². The summed E-state index contributed by atoms with van der Waals surface area (Å²) in [5.41, 5.74) is 1.85. The molecule has 1 aliphatic rings. The molecule has 1 aliphatic heterocycles. The number of amides is 1. The van der Waals surface area contributed by atoms with Crippen molar-refractivity contribution in [3.05, 3.63) is 35.9 Å². The van der Waals surface area contributed by atoms with Gasteiger partial charge in [0, 0.05) is 31.3 Å². The van der Waals surface area contributed by atoms with E-state index in [1.165, 1.54) is 7.11 Å². The fourth-order valence-electron chi connectivity index (χ4n) is 3.42. The van der Waals surface area contributed by atoms with E-state index in [-0.39, 0.29) is 5.91 Å². The van der Waals surface area contributed by atoms with Gasteiger partial charge >= 0.3 is 0 Å². The smallest absolute Gasteiger partial charge is 0.259 e. The molecule has 3 rings (SSSR count). The molecule has 0 unspecified atom stereocenters. The van der Waals surface area contributed by atoms with Crippen molar-refractivity contribution in [3.8, 4) is 23.0 Å². The Labute approximate surface area is 183 Å². The molecule has 1 fully saturated rings. The molecular weight excluding hydrogens is 400 g/mol. The van der Waals surface area contributed by atoms with Crippen LogP contribution < -0.4 is 29.2 Å². The van der Waals surface area contributed by atoms with Crippen molar-refractivity contribution in [1.29, 1.82) is 0 Å². The minimum Gasteiger partial charge on any atom is -0.497 e. The van der Waals surface area contributed by atoms with E-state index in [4.69, 9.17) is 23.7 Å². The van der Waals surface area contributed by atoms with Gasteiger partial charge in [0.05, 0.1) is 57.6 Å². The van der Waals surface area contributed by atoms with E-state index >= 15 is 0 Å². The summed E-state index contributed by atoms with van der Waals surface area (Å²) < 4.78 is 27.8. The maximum atomic E-state index is 13.1. The molecule has 0 aromatic heterocycles. The molecule has 168 valence electrons. The van der Waals surface area contributed by atoms with E-state index in [0.29, 0.717) is 60.7 Å². The Hall–Kier alpha value is -3.13. The lowest BCUT2D eigenvalue weighted by molar-refractivity contribution is 0.102. The van der Waals surface area contributed by atoms with Crippen LogP contribution in [0.15, 0.2) is 30.3 Å². The number of nitrogens with one attached hydrogen (secondary N) is 1. The number of rotatable bonds is 9. The van der Waals surface area contributed by atoms with Crippen LogP contribution in [0.3, 0.4) is 0 Å². The van der Waals surface area contributed by atoms with Gasteiger partial charge in [0.1, 0.15) is 23.0 Å². The molecule has 0 aliphatic carbocycles. The molecular formula is C23H30N2O6. The van der Waals surface area contributed by atoms with Crippen molar-refractivity contribution in [3.63, 3.8) is 0 Å². The van der Waals surface area contributed by atoms with Crippen LogP contribution in [0.5, 0.6) is 23.0 Å². The standard InChI is InChI=1S/C23H30N2O6/c1-5-30-21-15-19(25-9-11-29-12-10-25)22(31-6-2)14-18(21)24-23(26)17-8-7-16(27-3)13-20(17)28-4/h7-8,13-15H,5-6,9-12H2,1-4H3,(H,24,26). The van der Waals surface area contributed by atoms with Crippen molar-refractivity contribution in [2.75, 3.05) is 64.0 Å². The third kappa shape index (κ3) is 5.32. The number of morpholine rings is 1. The van der Waals surface area contributed by atoms with Crippen molar-refractivity contribution in [2.24, 2.45) is 0 Å². The van der Waals surface area contributed by atoms with Crippen LogP contribution in [0.2, 0.25) is 0 Å². The molecule has 2 aromatic rings. The molecule has 1 amide bonds. The van der Waals surface area contributed by atoms with Gasteiger partial charge in [-0.15, -0.1) is 0 Å². The number of methoxy groups -OCH3 is 2. The van der Waals surface area contributed by atoms with E-state index in [2.05, 4.69) is 10.2 Å². The number of hydrogen-bond donors (Lipinski definition) is 1. The van der Waals surface area contributed by atoms with E-state index in [9.17, 15) is 4.79 Å². The molecule has 0 bridgehead atoms. The van der Waals surface area contributed by atoms with Crippen LogP contribution in [-0.2, 0) is 4.74 Å². The average Bonchev–Trinajstić information content (AvgIpc) is 2.80. The minimum absolute atomic E-state index is 0.318. The highest BCUT2D eigenvalue weighted by Crippen LogP contribution is 2.40. The van der Waals surface area contributed by atoms with Gasteiger partial charge in [-0.05, 0) is 26.0 Å². The van der Waals surface area contributed by atoms with Gasteiger partial charge in [-0.1, -0.05) is 0 Å². The summed E-state index contributed by atoms with van der Waals surface area (Å²) in [5.74, 6) is 1.97. The molecule has 0 radical (unpaired) electrons. The maximum absolute atomic E-state index is 13.1. The second kappa shape index (κ2) is 10.8. The third-order valence-corrected chi connectivity index (χ3v) is 4.91. The zero-order chi connectivity index (χ0) is 22.2. The topological polar surface area (TPSA) is 78.5 Å². The van der Waals surface area contributed by atoms with E-state index < -0.39 is 0 Å². The summed E-state index contributed by atoms with van der Waals surface area (Å²) in [6.45, 7) is 7.65. The molecule has 31 heavy (non-hydrogen) atoms. The Kier molecular flexibility index (Phi) is 7.83. The number of anilines is 2. The van der Waals surface area contributed by atoms with Crippen molar-refractivity contribution < 1.29 is 28.5 Å². The summed E-state index contributed by atoms with van der Waals surface area (Å²) >= 11 is 0. The van der Waals surface area contributed by atoms with Crippen LogP contribution in [-0.4, -0.2) is 59.6 Å². The summed E-state index contributed by atoms with van der Waals surface area (Å²) in [4.78, 5) is 15.3. The Bertz CT molecular complexity index is 896. The SMILES string of the molecule is CCOc1cc(N2CCOCC2)c(OCC)cc1NC(=O)c1ccc(OC)cc1OC. The van der Waals surface area contributed by atoms with Crippen LogP contribution in [0.1, 0.15) is 24.2 Å². The highest BCUT2D eigenvalue weighted by Gasteiger charge is 2.22. The van der Waals surface area contributed by atoms with E-state index in [0.717, 1.165) is 18.8 Å². The molecule has 1 saturated heterocycles. The first-order valence-corrected chi connectivity index (χ1v) is 10.4. The number of nitrogens with zero attached hydrogens (tertiary/aromatic N) is 1. The van der Waals surface area contributed by atoms with Gasteiger partial charge in [-0.2, -0.15) is 0 Å². The zero-order valence-electron chi connectivity index (χ0n) is 18.5. The first-order valence-electron chi connectivity index (χ1n) is 10.4. The van der Waals surface area contributed by atoms with Crippen molar-refractivity contribution >= 4 is 17.3 Å². The molecule has 8 nitrogen and oxygen atoms in total. The van der Waals surface area contributed by atoms with Crippen LogP contribution in [0, 0.1) is 0 Å². The average molecular weight is 431 g/mol. The second-order valence-electron chi connectivity index (χ2n) is 6.80. The fraction of sp³-hybridized carbons (Fsp3) is 0.435. The lowest BCUT2D eigenvalue weighted by atomic mass is 10.1. The number of carbonyl (C=O) groups is 1. The fourth-order valence-corrected chi connectivity index (χ4v) is 3.42. The first kappa shape index (κ1) is 22.6. The highest BCUT2D eigenvalue weighted by molar-refractivity contribution is 6.07. The highest BCUT2D eigenvalue weighted by atomic mass is 16.5.